The first-order valence-electron chi connectivity index (χ1n) is 5.96. The number of nitrogens with zero attached hydrogens (tertiary/aromatic N) is 1. The van der Waals surface area contributed by atoms with Gasteiger partial charge < -0.3 is 14.9 Å². The van der Waals surface area contributed by atoms with Gasteiger partial charge in [-0.15, -0.1) is 0 Å². The van der Waals surface area contributed by atoms with Crippen molar-refractivity contribution in [3.05, 3.63) is 42.1 Å². The topological polar surface area (TPSA) is 85.8 Å². The molecule has 0 fully saturated rings. The predicted octanol–water partition coefficient (Wildman–Crippen LogP) is 1.83. The highest BCUT2D eigenvalue weighted by molar-refractivity contribution is 7.89. The van der Waals surface area contributed by atoms with E-state index in [9.17, 15) is 12.8 Å². The van der Waals surface area contributed by atoms with Crippen molar-refractivity contribution in [3.8, 4) is 5.75 Å². The molecule has 1 aromatic heterocycles. The summed E-state index contributed by atoms with van der Waals surface area (Å²) in [5.41, 5.74) is 6.21. The Morgan fingerprint density at radius 1 is 1.43 bits per heavy atom. The lowest BCUT2D eigenvalue weighted by Gasteiger charge is -2.17. The van der Waals surface area contributed by atoms with Gasteiger partial charge in [-0.3, -0.25) is 0 Å². The SMILES string of the molecule is COc1c(N)cc(S(=O)(=O)N(C)Cc2ccoc2)cc1F. The van der Waals surface area contributed by atoms with Crippen molar-refractivity contribution in [2.75, 3.05) is 19.9 Å². The molecule has 0 aliphatic heterocycles. The van der Waals surface area contributed by atoms with E-state index in [4.69, 9.17) is 14.9 Å². The van der Waals surface area contributed by atoms with Crippen LogP contribution >= 0.6 is 0 Å². The summed E-state index contributed by atoms with van der Waals surface area (Å²) in [6.45, 7) is 0.104. The maximum Gasteiger partial charge on any atom is 0.243 e. The molecular weight excluding hydrogens is 299 g/mol. The minimum Gasteiger partial charge on any atom is -0.492 e. The maximum atomic E-state index is 13.8. The van der Waals surface area contributed by atoms with Crippen molar-refractivity contribution in [2.24, 2.45) is 0 Å². The van der Waals surface area contributed by atoms with Crippen LogP contribution in [-0.4, -0.2) is 26.9 Å². The summed E-state index contributed by atoms with van der Waals surface area (Å²) in [6.07, 6.45) is 2.88. The minimum absolute atomic E-state index is 0.0761. The normalized spacial score (nSPS) is 11.8. The second-order valence-electron chi connectivity index (χ2n) is 4.42. The van der Waals surface area contributed by atoms with E-state index in [2.05, 4.69) is 0 Å². The van der Waals surface area contributed by atoms with Gasteiger partial charge in [-0.25, -0.2) is 12.8 Å². The summed E-state index contributed by atoms with van der Waals surface area (Å²) in [6, 6.07) is 3.70. The van der Waals surface area contributed by atoms with Gasteiger partial charge in [-0.1, -0.05) is 0 Å². The van der Waals surface area contributed by atoms with E-state index in [1.165, 1.54) is 32.8 Å². The lowest BCUT2D eigenvalue weighted by Crippen LogP contribution is -2.26. The Kier molecular flexibility index (Phi) is 4.19. The Labute approximate surface area is 122 Å². The van der Waals surface area contributed by atoms with Gasteiger partial charge in [-0.05, 0) is 18.2 Å². The van der Waals surface area contributed by atoms with Gasteiger partial charge in [0.1, 0.15) is 0 Å². The average molecular weight is 314 g/mol. The Bertz CT molecular complexity index is 706. The zero-order valence-corrected chi connectivity index (χ0v) is 12.4. The van der Waals surface area contributed by atoms with Crippen molar-refractivity contribution in [2.45, 2.75) is 11.4 Å². The third kappa shape index (κ3) is 3.01. The largest absolute Gasteiger partial charge is 0.492 e. The zero-order chi connectivity index (χ0) is 15.6. The number of rotatable bonds is 5. The molecule has 0 aliphatic carbocycles. The van der Waals surface area contributed by atoms with Crippen LogP contribution in [0.15, 0.2) is 40.0 Å². The fourth-order valence-corrected chi connectivity index (χ4v) is 3.06. The monoisotopic (exact) mass is 314 g/mol. The van der Waals surface area contributed by atoms with Gasteiger partial charge in [0.15, 0.2) is 11.6 Å². The zero-order valence-electron chi connectivity index (χ0n) is 11.5. The highest BCUT2D eigenvalue weighted by atomic mass is 32.2. The number of hydrogen-bond donors (Lipinski definition) is 1. The molecule has 1 heterocycles. The molecule has 1 aromatic carbocycles. The number of sulfonamides is 1. The quantitative estimate of drug-likeness (QED) is 0.851. The summed E-state index contributed by atoms with van der Waals surface area (Å²) in [5, 5.41) is 0. The fraction of sp³-hybridized carbons (Fsp3) is 0.231. The molecule has 2 N–H and O–H groups in total. The molecule has 6 nitrogen and oxygen atoms in total. The molecule has 0 saturated carbocycles. The first kappa shape index (κ1) is 15.3. The molecular formula is C13H15FN2O4S. The van der Waals surface area contributed by atoms with Crippen LogP contribution in [0, 0.1) is 5.82 Å². The Morgan fingerprint density at radius 3 is 2.67 bits per heavy atom. The van der Waals surface area contributed by atoms with Crippen LogP contribution in [0.2, 0.25) is 0 Å². The van der Waals surface area contributed by atoms with E-state index in [-0.39, 0.29) is 22.9 Å². The van der Waals surface area contributed by atoms with Crippen LogP contribution in [0.5, 0.6) is 5.75 Å². The number of nitrogen functional groups attached to an aromatic ring is 1. The van der Waals surface area contributed by atoms with Crippen LogP contribution in [0.25, 0.3) is 0 Å². The van der Waals surface area contributed by atoms with E-state index in [1.807, 2.05) is 0 Å². The Balaban J connectivity index is 2.35. The van der Waals surface area contributed by atoms with Crippen molar-refractivity contribution in [1.29, 1.82) is 0 Å². The number of furan rings is 1. The molecule has 8 heteroatoms. The van der Waals surface area contributed by atoms with Crippen molar-refractivity contribution < 1.29 is 22.0 Å². The molecule has 21 heavy (non-hydrogen) atoms. The highest BCUT2D eigenvalue weighted by Crippen LogP contribution is 2.29. The molecule has 0 saturated heterocycles. The molecule has 0 atom stereocenters. The first-order valence-corrected chi connectivity index (χ1v) is 7.40. The lowest BCUT2D eigenvalue weighted by atomic mass is 10.3. The lowest BCUT2D eigenvalue weighted by molar-refractivity contribution is 0.387. The van der Waals surface area contributed by atoms with Crippen molar-refractivity contribution in [1.82, 2.24) is 4.31 Å². The number of ether oxygens (including phenoxy) is 1. The smallest absolute Gasteiger partial charge is 0.243 e. The first-order chi connectivity index (χ1) is 9.86. The minimum atomic E-state index is -3.87. The predicted molar refractivity (Wildman–Crippen MR) is 74.7 cm³/mol. The van der Waals surface area contributed by atoms with Crippen LogP contribution in [0.3, 0.4) is 0 Å². The van der Waals surface area contributed by atoms with Gasteiger partial charge in [0.25, 0.3) is 0 Å². The van der Waals surface area contributed by atoms with Crippen molar-refractivity contribution >= 4 is 15.7 Å². The fourth-order valence-electron chi connectivity index (χ4n) is 1.86. The maximum absolute atomic E-state index is 13.8. The number of methoxy groups -OCH3 is 1. The molecule has 0 amide bonds. The van der Waals surface area contributed by atoms with E-state index in [0.717, 1.165) is 10.4 Å². The number of nitrogens with two attached hydrogens (primary N) is 1. The third-order valence-corrected chi connectivity index (χ3v) is 4.72. The number of benzene rings is 1. The molecule has 114 valence electrons. The van der Waals surface area contributed by atoms with Crippen LogP contribution < -0.4 is 10.5 Å². The van der Waals surface area contributed by atoms with Gasteiger partial charge in [0, 0.05) is 19.2 Å². The standard InChI is InChI=1S/C13H15FN2O4S/c1-16(7-9-3-4-20-8-9)21(17,18)10-5-11(14)13(19-2)12(15)6-10/h3-6,8H,7,15H2,1-2H3. The molecule has 0 aliphatic rings. The average Bonchev–Trinajstić information content (AvgIpc) is 2.91. The number of hydrogen-bond acceptors (Lipinski definition) is 5. The summed E-state index contributed by atoms with van der Waals surface area (Å²) < 4.78 is 49.3. The van der Waals surface area contributed by atoms with Gasteiger partial charge in [0.2, 0.25) is 10.0 Å². The van der Waals surface area contributed by atoms with Crippen molar-refractivity contribution in [3.63, 3.8) is 0 Å². The van der Waals surface area contributed by atoms with Gasteiger partial charge in [0.05, 0.1) is 30.2 Å². The summed E-state index contributed by atoms with van der Waals surface area (Å²) in [4.78, 5) is -0.232. The van der Waals surface area contributed by atoms with Gasteiger partial charge >= 0.3 is 0 Å². The van der Waals surface area contributed by atoms with E-state index >= 15 is 0 Å². The summed E-state index contributed by atoms with van der Waals surface area (Å²) in [5.74, 6) is -1.00. The summed E-state index contributed by atoms with van der Waals surface area (Å²) >= 11 is 0. The molecule has 2 aromatic rings. The Hall–Kier alpha value is -2.06. The number of halogens is 1. The molecule has 0 spiro atoms. The van der Waals surface area contributed by atoms with Crippen LogP contribution in [0.4, 0.5) is 10.1 Å². The van der Waals surface area contributed by atoms with Gasteiger partial charge in [-0.2, -0.15) is 4.31 Å². The second-order valence-corrected chi connectivity index (χ2v) is 6.47. The number of anilines is 1. The Morgan fingerprint density at radius 2 is 2.14 bits per heavy atom. The van der Waals surface area contributed by atoms with Crippen LogP contribution in [-0.2, 0) is 16.6 Å². The second kappa shape index (κ2) is 5.74. The van der Waals surface area contributed by atoms with E-state index in [0.29, 0.717) is 5.56 Å². The third-order valence-electron chi connectivity index (χ3n) is 2.94. The van der Waals surface area contributed by atoms with E-state index in [1.54, 1.807) is 6.07 Å². The molecule has 0 radical (unpaired) electrons. The molecule has 2 rings (SSSR count). The summed E-state index contributed by atoms with van der Waals surface area (Å²) in [7, 11) is -1.22. The van der Waals surface area contributed by atoms with Crippen LogP contribution in [0.1, 0.15) is 5.56 Å². The highest BCUT2D eigenvalue weighted by Gasteiger charge is 2.24. The molecule has 0 bridgehead atoms. The van der Waals surface area contributed by atoms with E-state index < -0.39 is 15.8 Å². The molecule has 0 unspecified atom stereocenters.